The van der Waals surface area contributed by atoms with Gasteiger partial charge in [0.25, 0.3) is 5.91 Å². The van der Waals surface area contributed by atoms with Crippen molar-refractivity contribution in [2.45, 2.75) is 32.6 Å². The van der Waals surface area contributed by atoms with Gasteiger partial charge in [0.2, 0.25) is 0 Å². The van der Waals surface area contributed by atoms with E-state index in [4.69, 9.17) is 21.4 Å². The number of carbonyl (C=O) groups excluding carboxylic acids is 1. The number of hydrogen-bond acceptors (Lipinski definition) is 5. The first-order valence-corrected chi connectivity index (χ1v) is 11.4. The second kappa shape index (κ2) is 10.1. The predicted octanol–water partition coefficient (Wildman–Crippen LogP) is 5.61. The molecular formula is C27H27N3O3S. The van der Waals surface area contributed by atoms with Crippen LogP contribution >= 0.6 is 12.2 Å². The Hall–Kier alpha value is -3.71. The molecule has 1 aromatic heterocycles. The highest BCUT2D eigenvalue weighted by Crippen LogP contribution is 2.24. The van der Waals surface area contributed by atoms with Crippen molar-refractivity contribution in [1.82, 2.24) is 10.3 Å². The van der Waals surface area contributed by atoms with Crippen LogP contribution in [0.3, 0.4) is 0 Å². The van der Waals surface area contributed by atoms with Crippen LogP contribution in [0.5, 0.6) is 5.75 Å². The summed E-state index contributed by atoms with van der Waals surface area (Å²) >= 11 is 5.25. The number of nitrogens with zero attached hydrogens (tertiary/aromatic N) is 1. The summed E-state index contributed by atoms with van der Waals surface area (Å²) in [4.78, 5) is 16.7. The van der Waals surface area contributed by atoms with Gasteiger partial charge in [0.05, 0.1) is 0 Å². The molecule has 0 aliphatic rings. The standard InChI is InChI=1S/C27H27N3O3S/c1-27(2,3)19-10-14-21(15-11-19)32-17-24(31)30-26(34)28-20-12-8-18(9-13-20)16-25-29-22-6-4-5-7-23(22)33-25/h4-15H,16-17H2,1-3H3,(H2,28,30,31,34). The summed E-state index contributed by atoms with van der Waals surface area (Å²) in [7, 11) is 0. The smallest absolute Gasteiger partial charge is 0.264 e. The maximum atomic E-state index is 12.2. The fourth-order valence-electron chi connectivity index (χ4n) is 3.40. The van der Waals surface area contributed by atoms with E-state index in [1.54, 1.807) is 0 Å². The van der Waals surface area contributed by atoms with Crippen molar-refractivity contribution < 1.29 is 13.9 Å². The van der Waals surface area contributed by atoms with Gasteiger partial charge in [-0.25, -0.2) is 4.98 Å². The molecule has 0 aliphatic heterocycles. The van der Waals surface area contributed by atoms with E-state index in [9.17, 15) is 4.79 Å². The van der Waals surface area contributed by atoms with Gasteiger partial charge < -0.3 is 14.5 Å². The molecular weight excluding hydrogens is 446 g/mol. The lowest BCUT2D eigenvalue weighted by Gasteiger charge is -2.19. The molecule has 0 unspecified atom stereocenters. The number of hydrogen-bond donors (Lipinski definition) is 2. The van der Waals surface area contributed by atoms with Crippen LogP contribution in [0.25, 0.3) is 11.1 Å². The molecule has 0 radical (unpaired) electrons. The molecule has 2 N–H and O–H groups in total. The van der Waals surface area contributed by atoms with E-state index in [-0.39, 0.29) is 23.0 Å². The lowest BCUT2D eigenvalue weighted by molar-refractivity contribution is -0.121. The van der Waals surface area contributed by atoms with Crippen LogP contribution in [0.2, 0.25) is 0 Å². The van der Waals surface area contributed by atoms with Gasteiger partial charge in [0, 0.05) is 12.1 Å². The zero-order chi connectivity index (χ0) is 24.1. The highest BCUT2D eigenvalue weighted by molar-refractivity contribution is 7.80. The topological polar surface area (TPSA) is 76.4 Å². The molecule has 174 valence electrons. The van der Waals surface area contributed by atoms with Crippen molar-refractivity contribution in [3.05, 3.63) is 89.8 Å². The molecule has 0 bridgehead atoms. The highest BCUT2D eigenvalue weighted by atomic mass is 32.1. The van der Waals surface area contributed by atoms with Crippen LogP contribution < -0.4 is 15.4 Å². The number of nitrogens with one attached hydrogen (secondary N) is 2. The summed E-state index contributed by atoms with van der Waals surface area (Å²) in [5, 5.41) is 5.86. The van der Waals surface area contributed by atoms with Crippen LogP contribution in [-0.2, 0) is 16.6 Å². The van der Waals surface area contributed by atoms with E-state index in [2.05, 4.69) is 36.4 Å². The number of anilines is 1. The third-order valence-corrected chi connectivity index (χ3v) is 5.45. The number of thiocarbonyl (C=S) groups is 1. The van der Waals surface area contributed by atoms with Crippen molar-refractivity contribution >= 4 is 40.0 Å². The minimum Gasteiger partial charge on any atom is -0.484 e. The van der Waals surface area contributed by atoms with Crippen molar-refractivity contribution in [3.63, 3.8) is 0 Å². The number of amides is 1. The van der Waals surface area contributed by atoms with E-state index in [1.807, 2.05) is 72.8 Å². The maximum Gasteiger partial charge on any atom is 0.264 e. The molecule has 0 saturated carbocycles. The minimum atomic E-state index is -0.329. The summed E-state index contributed by atoms with van der Waals surface area (Å²) in [5.74, 6) is 0.972. The largest absolute Gasteiger partial charge is 0.484 e. The highest BCUT2D eigenvalue weighted by Gasteiger charge is 2.13. The van der Waals surface area contributed by atoms with Crippen molar-refractivity contribution in [1.29, 1.82) is 0 Å². The average Bonchev–Trinajstić information content (AvgIpc) is 3.21. The molecule has 0 aliphatic carbocycles. The van der Waals surface area contributed by atoms with Crippen molar-refractivity contribution in [3.8, 4) is 5.75 Å². The van der Waals surface area contributed by atoms with E-state index in [1.165, 1.54) is 5.56 Å². The zero-order valence-electron chi connectivity index (χ0n) is 19.4. The van der Waals surface area contributed by atoms with E-state index < -0.39 is 0 Å². The molecule has 1 amide bonds. The fraction of sp³-hybridized carbons (Fsp3) is 0.222. The third-order valence-electron chi connectivity index (χ3n) is 5.25. The number of oxazole rings is 1. The Labute approximate surface area is 204 Å². The van der Waals surface area contributed by atoms with Gasteiger partial charge >= 0.3 is 0 Å². The zero-order valence-corrected chi connectivity index (χ0v) is 20.2. The maximum absolute atomic E-state index is 12.2. The number of aromatic nitrogens is 1. The van der Waals surface area contributed by atoms with E-state index >= 15 is 0 Å². The lowest BCUT2D eigenvalue weighted by atomic mass is 9.87. The lowest BCUT2D eigenvalue weighted by Crippen LogP contribution is -2.37. The van der Waals surface area contributed by atoms with Gasteiger partial charge in [-0.3, -0.25) is 10.1 Å². The molecule has 0 spiro atoms. The second-order valence-electron chi connectivity index (χ2n) is 9.01. The molecule has 0 saturated heterocycles. The Bertz CT molecular complexity index is 1260. The summed E-state index contributed by atoms with van der Waals surface area (Å²) in [6.07, 6.45) is 0.588. The third kappa shape index (κ3) is 6.20. The number of fused-ring (bicyclic) bond motifs is 1. The van der Waals surface area contributed by atoms with E-state index in [0.29, 0.717) is 18.1 Å². The van der Waals surface area contributed by atoms with Crippen LogP contribution in [0.4, 0.5) is 5.69 Å². The summed E-state index contributed by atoms with van der Waals surface area (Å²) < 4.78 is 11.3. The van der Waals surface area contributed by atoms with Crippen LogP contribution in [0.1, 0.15) is 37.8 Å². The SMILES string of the molecule is CC(C)(C)c1ccc(OCC(=O)NC(=S)Nc2ccc(Cc3nc4ccccc4o3)cc2)cc1. The number of rotatable bonds is 6. The quantitative estimate of drug-likeness (QED) is 0.355. The van der Waals surface area contributed by atoms with E-state index in [0.717, 1.165) is 22.4 Å². The Balaban J connectivity index is 1.24. The molecule has 1 heterocycles. The van der Waals surface area contributed by atoms with Gasteiger partial charge in [0.15, 0.2) is 23.2 Å². The van der Waals surface area contributed by atoms with Gasteiger partial charge in [-0.05, 0) is 65.2 Å². The second-order valence-corrected chi connectivity index (χ2v) is 9.42. The number of para-hydroxylation sites is 2. The molecule has 4 aromatic rings. The van der Waals surface area contributed by atoms with Crippen LogP contribution in [0.15, 0.2) is 77.2 Å². The first-order valence-electron chi connectivity index (χ1n) is 11.0. The van der Waals surface area contributed by atoms with Gasteiger partial charge in [-0.15, -0.1) is 0 Å². The van der Waals surface area contributed by atoms with Gasteiger partial charge in [-0.1, -0.05) is 57.2 Å². The van der Waals surface area contributed by atoms with Gasteiger partial charge in [-0.2, -0.15) is 0 Å². The Kier molecular flexibility index (Phi) is 6.93. The molecule has 3 aromatic carbocycles. The van der Waals surface area contributed by atoms with Gasteiger partial charge in [0.1, 0.15) is 11.3 Å². The summed E-state index contributed by atoms with van der Waals surface area (Å²) in [6, 6.07) is 23.2. The number of benzene rings is 3. The minimum absolute atomic E-state index is 0.0658. The normalized spacial score (nSPS) is 11.3. The molecule has 34 heavy (non-hydrogen) atoms. The first-order chi connectivity index (χ1) is 16.3. The Morgan fingerprint density at radius 3 is 2.38 bits per heavy atom. The molecule has 6 nitrogen and oxygen atoms in total. The molecule has 0 fully saturated rings. The van der Waals surface area contributed by atoms with Crippen molar-refractivity contribution in [2.75, 3.05) is 11.9 Å². The fourth-order valence-corrected chi connectivity index (χ4v) is 3.63. The molecule has 0 atom stereocenters. The number of carbonyl (C=O) groups is 1. The predicted molar refractivity (Wildman–Crippen MR) is 138 cm³/mol. The summed E-state index contributed by atoms with van der Waals surface area (Å²) in [6.45, 7) is 6.32. The summed E-state index contributed by atoms with van der Waals surface area (Å²) in [5.41, 5.74) is 4.72. The monoisotopic (exact) mass is 473 g/mol. The molecule has 7 heteroatoms. The van der Waals surface area contributed by atoms with Crippen molar-refractivity contribution in [2.24, 2.45) is 0 Å². The van der Waals surface area contributed by atoms with Crippen LogP contribution in [-0.4, -0.2) is 22.6 Å². The first kappa shape index (κ1) is 23.4. The number of ether oxygens (including phenoxy) is 1. The Morgan fingerprint density at radius 1 is 1.00 bits per heavy atom. The Morgan fingerprint density at radius 2 is 1.71 bits per heavy atom. The molecule has 4 rings (SSSR count). The average molecular weight is 474 g/mol. The van der Waals surface area contributed by atoms with Crippen LogP contribution in [0, 0.1) is 0 Å².